The summed E-state index contributed by atoms with van der Waals surface area (Å²) in [5, 5.41) is 0. The van der Waals surface area contributed by atoms with Crippen molar-refractivity contribution in [3.63, 3.8) is 0 Å². The van der Waals surface area contributed by atoms with Gasteiger partial charge in [-0.2, -0.15) is 0 Å². The van der Waals surface area contributed by atoms with Crippen LogP contribution in [0.25, 0.3) is 0 Å². The Morgan fingerprint density at radius 1 is 1.00 bits per heavy atom. The molecule has 0 N–H and O–H groups in total. The summed E-state index contributed by atoms with van der Waals surface area (Å²) in [6.07, 6.45) is -0.656. The van der Waals surface area contributed by atoms with Crippen molar-refractivity contribution in [1.29, 1.82) is 0 Å². The molecule has 3 heterocycles. The fourth-order valence-electron chi connectivity index (χ4n) is 4.62. The molecule has 0 bridgehead atoms. The first kappa shape index (κ1) is 17.1. The van der Waals surface area contributed by atoms with E-state index in [0.29, 0.717) is 31.1 Å². The lowest BCUT2D eigenvalue weighted by atomic mass is 9.85. The minimum Gasteiger partial charge on any atom is -0.485 e. The average molecular weight is 378 g/mol. The third-order valence-electron chi connectivity index (χ3n) is 5.98. The number of hydrogen-bond donors (Lipinski definition) is 0. The molecule has 0 radical (unpaired) electrons. The highest BCUT2D eigenvalue weighted by molar-refractivity contribution is 5.83. The fraction of sp³-hybridized carbons (Fsp3) is 0.364. The van der Waals surface area contributed by atoms with Crippen molar-refractivity contribution >= 4 is 11.8 Å². The summed E-state index contributed by atoms with van der Waals surface area (Å²) >= 11 is 0. The topological polar surface area (TPSA) is 59.1 Å². The summed E-state index contributed by atoms with van der Waals surface area (Å²) in [5.74, 6) is 1.36. The number of carbonyl (C=O) groups excluding carboxylic acids is 2. The normalized spacial score (nSPS) is 25.1. The fourth-order valence-corrected chi connectivity index (χ4v) is 4.62. The van der Waals surface area contributed by atoms with Gasteiger partial charge in [0.15, 0.2) is 11.5 Å². The van der Waals surface area contributed by atoms with E-state index in [-0.39, 0.29) is 30.4 Å². The molecule has 0 spiro atoms. The van der Waals surface area contributed by atoms with Crippen LogP contribution in [-0.4, -0.2) is 53.5 Å². The third-order valence-corrected chi connectivity index (χ3v) is 5.98. The van der Waals surface area contributed by atoms with Gasteiger partial charge < -0.3 is 19.3 Å². The van der Waals surface area contributed by atoms with Crippen molar-refractivity contribution in [2.45, 2.75) is 31.5 Å². The van der Waals surface area contributed by atoms with Crippen LogP contribution in [0.5, 0.6) is 11.5 Å². The summed E-state index contributed by atoms with van der Waals surface area (Å²) in [6.45, 7) is 3.52. The first-order chi connectivity index (χ1) is 13.6. The van der Waals surface area contributed by atoms with E-state index in [2.05, 4.69) is 12.1 Å². The van der Waals surface area contributed by atoms with E-state index in [9.17, 15) is 9.59 Å². The van der Waals surface area contributed by atoms with Crippen LogP contribution in [0.1, 0.15) is 24.0 Å². The van der Waals surface area contributed by atoms with E-state index in [0.717, 1.165) is 0 Å². The number of nitrogens with zero attached hydrogens (tertiary/aromatic N) is 2. The minimum absolute atomic E-state index is 0.00754. The number of rotatable bonds is 1. The van der Waals surface area contributed by atoms with Crippen LogP contribution in [0.3, 0.4) is 0 Å². The standard InChI is InChI=1S/C22H22N2O4/c1-14(25)24-10-15-6-2-3-7-16(15)17-11-23(12-18(17)24)22(26)21-13-27-19-8-4-5-9-20(19)28-21/h2-9,17-18,21H,10-13H2,1H3/t17-,18-,21?/m0/s1. The van der Waals surface area contributed by atoms with Crippen molar-refractivity contribution in [2.24, 2.45) is 0 Å². The monoisotopic (exact) mass is 378 g/mol. The number of carbonyl (C=O) groups is 2. The molecule has 6 nitrogen and oxygen atoms in total. The predicted octanol–water partition coefficient (Wildman–Crippen LogP) is 2.18. The number of para-hydroxylation sites is 2. The second-order valence-electron chi connectivity index (χ2n) is 7.63. The van der Waals surface area contributed by atoms with E-state index in [1.54, 1.807) is 6.92 Å². The lowest BCUT2D eigenvalue weighted by Gasteiger charge is -2.37. The van der Waals surface area contributed by atoms with E-state index in [4.69, 9.17) is 9.47 Å². The largest absolute Gasteiger partial charge is 0.485 e. The van der Waals surface area contributed by atoms with Crippen molar-refractivity contribution < 1.29 is 19.1 Å². The second-order valence-corrected chi connectivity index (χ2v) is 7.63. The van der Waals surface area contributed by atoms with E-state index in [1.807, 2.05) is 46.2 Å². The van der Waals surface area contributed by atoms with Gasteiger partial charge in [-0.1, -0.05) is 36.4 Å². The van der Waals surface area contributed by atoms with Gasteiger partial charge in [-0.3, -0.25) is 9.59 Å². The Kier molecular flexibility index (Phi) is 4.00. The van der Waals surface area contributed by atoms with Crippen molar-refractivity contribution in [3.05, 3.63) is 59.7 Å². The predicted molar refractivity (Wildman–Crippen MR) is 102 cm³/mol. The average Bonchev–Trinajstić information content (AvgIpc) is 3.17. The molecule has 28 heavy (non-hydrogen) atoms. The summed E-state index contributed by atoms with van der Waals surface area (Å²) < 4.78 is 11.6. The van der Waals surface area contributed by atoms with Crippen LogP contribution in [0, 0.1) is 0 Å². The molecule has 1 saturated heterocycles. The van der Waals surface area contributed by atoms with Crippen molar-refractivity contribution in [2.75, 3.05) is 19.7 Å². The first-order valence-electron chi connectivity index (χ1n) is 9.64. The second kappa shape index (κ2) is 6.55. The van der Waals surface area contributed by atoms with Crippen LogP contribution in [0.2, 0.25) is 0 Å². The third kappa shape index (κ3) is 2.71. The van der Waals surface area contributed by atoms with E-state index >= 15 is 0 Å². The highest BCUT2D eigenvalue weighted by Gasteiger charge is 2.46. The zero-order valence-corrected chi connectivity index (χ0v) is 15.7. The summed E-state index contributed by atoms with van der Waals surface area (Å²) in [4.78, 5) is 29.1. The Bertz CT molecular complexity index is 944. The van der Waals surface area contributed by atoms with Gasteiger partial charge in [0.2, 0.25) is 12.0 Å². The van der Waals surface area contributed by atoms with Crippen LogP contribution in [-0.2, 0) is 16.1 Å². The van der Waals surface area contributed by atoms with Gasteiger partial charge in [0.25, 0.3) is 5.91 Å². The van der Waals surface area contributed by atoms with Crippen LogP contribution in [0.4, 0.5) is 0 Å². The van der Waals surface area contributed by atoms with Crippen molar-refractivity contribution in [1.82, 2.24) is 9.80 Å². The Labute approximate surface area is 163 Å². The number of benzene rings is 2. The molecule has 2 amide bonds. The zero-order chi connectivity index (χ0) is 19.3. The minimum atomic E-state index is -0.656. The lowest BCUT2D eigenvalue weighted by molar-refractivity contribution is -0.141. The number of ether oxygens (including phenoxy) is 2. The first-order valence-corrected chi connectivity index (χ1v) is 9.64. The Hall–Kier alpha value is -3.02. The Morgan fingerprint density at radius 2 is 1.75 bits per heavy atom. The summed E-state index contributed by atoms with van der Waals surface area (Å²) in [7, 11) is 0. The van der Waals surface area contributed by atoms with Gasteiger partial charge in [-0.05, 0) is 23.3 Å². The molecule has 5 rings (SSSR count). The van der Waals surface area contributed by atoms with Crippen molar-refractivity contribution in [3.8, 4) is 11.5 Å². The number of amides is 2. The number of likely N-dealkylation sites (tertiary alicyclic amines) is 1. The smallest absolute Gasteiger partial charge is 0.267 e. The zero-order valence-electron chi connectivity index (χ0n) is 15.7. The molecular weight excluding hydrogens is 356 g/mol. The molecule has 3 aliphatic rings. The van der Waals surface area contributed by atoms with Crippen LogP contribution < -0.4 is 9.47 Å². The molecule has 0 aliphatic carbocycles. The van der Waals surface area contributed by atoms with Crippen LogP contribution in [0.15, 0.2) is 48.5 Å². The molecule has 3 aliphatic heterocycles. The summed E-state index contributed by atoms with van der Waals surface area (Å²) in [5.41, 5.74) is 2.41. The maximum Gasteiger partial charge on any atom is 0.267 e. The quantitative estimate of drug-likeness (QED) is 0.763. The molecule has 144 valence electrons. The van der Waals surface area contributed by atoms with Gasteiger partial charge >= 0.3 is 0 Å². The molecule has 0 saturated carbocycles. The maximum absolute atomic E-state index is 13.2. The van der Waals surface area contributed by atoms with Gasteiger partial charge in [-0.15, -0.1) is 0 Å². The maximum atomic E-state index is 13.2. The Balaban J connectivity index is 1.39. The highest BCUT2D eigenvalue weighted by atomic mass is 16.6. The lowest BCUT2D eigenvalue weighted by Crippen LogP contribution is -2.48. The SMILES string of the molecule is CC(=O)N1Cc2ccccc2[C@@H]2CN(C(=O)C3COc4ccccc4O3)C[C@@H]21. The molecule has 3 atom stereocenters. The highest BCUT2D eigenvalue weighted by Crippen LogP contribution is 2.39. The van der Waals surface area contributed by atoms with E-state index < -0.39 is 6.10 Å². The molecule has 2 aromatic rings. The van der Waals surface area contributed by atoms with Gasteiger partial charge in [-0.25, -0.2) is 0 Å². The molecule has 2 aromatic carbocycles. The molecule has 1 fully saturated rings. The molecule has 6 heteroatoms. The van der Waals surface area contributed by atoms with Gasteiger partial charge in [0.1, 0.15) is 6.61 Å². The van der Waals surface area contributed by atoms with Gasteiger partial charge in [0, 0.05) is 32.5 Å². The van der Waals surface area contributed by atoms with Gasteiger partial charge in [0.05, 0.1) is 6.04 Å². The summed E-state index contributed by atoms with van der Waals surface area (Å²) in [6, 6.07) is 15.6. The number of hydrogen-bond acceptors (Lipinski definition) is 4. The van der Waals surface area contributed by atoms with Crippen LogP contribution >= 0.6 is 0 Å². The molecular formula is C22H22N2O4. The molecule has 0 aromatic heterocycles. The Morgan fingerprint density at radius 3 is 2.57 bits per heavy atom. The number of fused-ring (bicyclic) bond motifs is 4. The van der Waals surface area contributed by atoms with E-state index in [1.165, 1.54) is 11.1 Å². The molecule has 1 unspecified atom stereocenters.